The number of nitrogens with one attached hydrogen (secondary N) is 1. The molecule has 0 bridgehead atoms. The summed E-state index contributed by atoms with van der Waals surface area (Å²) < 4.78 is 0. The van der Waals surface area contributed by atoms with Crippen LogP contribution in [-0.2, 0) is 0 Å². The highest BCUT2D eigenvalue weighted by atomic mass is 15.2. The van der Waals surface area contributed by atoms with Crippen molar-refractivity contribution in [3.8, 4) is 0 Å². The van der Waals surface area contributed by atoms with Crippen molar-refractivity contribution in [3.05, 3.63) is 24.0 Å². The van der Waals surface area contributed by atoms with Gasteiger partial charge in [-0.2, -0.15) is 0 Å². The average Bonchev–Trinajstić information content (AvgIpc) is 2.39. The zero-order valence-corrected chi connectivity index (χ0v) is 12.7. The molecule has 2 rings (SSSR count). The summed E-state index contributed by atoms with van der Waals surface area (Å²) in [4.78, 5) is 6.98. The molecule has 106 valence electrons. The van der Waals surface area contributed by atoms with E-state index >= 15 is 0 Å². The molecule has 0 saturated carbocycles. The summed E-state index contributed by atoms with van der Waals surface area (Å²) >= 11 is 0. The molecule has 1 aliphatic rings. The third-order valence-corrected chi connectivity index (χ3v) is 3.95. The molecule has 0 aliphatic carbocycles. The number of hydrogen-bond donors (Lipinski definition) is 1. The van der Waals surface area contributed by atoms with Crippen LogP contribution in [0, 0.1) is 12.8 Å². The average molecular weight is 261 g/mol. The maximum atomic E-state index is 4.45. The van der Waals surface area contributed by atoms with Crippen molar-refractivity contribution in [2.24, 2.45) is 5.92 Å². The molecule has 2 unspecified atom stereocenters. The van der Waals surface area contributed by atoms with Crippen LogP contribution in [0.3, 0.4) is 0 Å². The molecule has 1 fully saturated rings. The monoisotopic (exact) mass is 261 g/mol. The number of aromatic nitrogens is 1. The number of nitrogens with zero attached hydrogens (tertiary/aromatic N) is 2. The number of anilines is 1. The molecular formula is C16H27N3. The van der Waals surface area contributed by atoms with Gasteiger partial charge in [0.25, 0.3) is 0 Å². The van der Waals surface area contributed by atoms with E-state index in [9.17, 15) is 0 Å². The van der Waals surface area contributed by atoms with Gasteiger partial charge in [-0.05, 0) is 37.8 Å². The molecule has 0 aromatic carbocycles. The lowest BCUT2D eigenvalue weighted by atomic mass is 9.98. The molecule has 2 heterocycles. The third kappa shape index (κ3) is 3.69. The fourth-order valence-corrected chi connectivity index (χ4v) is 2.90. The van der Waals surface area contributed by atoms with E-state index in [2.05, 4.69) is 48.1 Å². The maximum absolute atomic E-state index is 4.45. The number of hydrogen-bond acceptors (Lipinski definition) is 3. The van der Waals surface area contributed by atoms with E-state index in [1.807, 2.05) is 13.1 Å². The highest BCUT2D eigenvalue weighted by Crippen LogP contribution is 2.22. The van der Waals surface area contributed by atoms with Crippen LogP contribution >= 0.6 is 0 Å². The molecule has 1 saturated heterocycles. The van der Waals surface area contributed by atoms with Gasteiger partial charge in [-0.15, -0.1) is 0 Å². The first kappa shape index (κ1) is 14.3. The van der Waals surface area contributed by atoms with E-state index < -0.39 is 0 Å². The summed E-state index contributed by atoms with van der Waals surface area (Å²) in [6, 6.07) is 5.52. The molecular weight excluding hydrogens is 234 g/mol. The van der Waals surface area contributed by atoms with E-state index in [1.54, 1.807) is 0 Å². The standard InChI is InChI=1S/C16H27N3/c1-5-15-9-18-14(8-12(2)3)11-19(15)16-7-6-13(4)17-10-16/h6-7,10,12,14-15,18H,5,8-9,11H2,1-4H3. The van der Waals surface area contributed by atoms with Crippen LogP contribution in [0.15, 0.2) is 18.3 Å². The van der Waals surface area contributed by atoms with Crippen molar-refractivity contribution in [2.45, 2.75) is 52.6 Å². The molecule has 1 aliphatic heterocycles. The van der Waals surface area contributed by atoms with Crippen molar-refractivity contribution < 1.29 is 0 Å². The van der Waals surface area contributed by atoms with Crippen LogP contribution in [0.25, 0.3) is 0 Å². The maximum Gasteiger partial charge on any atom is 0.0556 e. The highest BCUT2D eigenvalue weighted by molar-refractivity contribution is 5.46. The van der Waals surface area contributed by atoms with E-state index in [4.69, 9.17) is 0 Å². The first-order valence-corrected chi connectivity index (χ1v) is 7.52. The Labute approximate surface area is 117 Å². The van der Waals surface area contributed by atoms with E-state index in [0.29, 0.717) is 12.1 Å². The summed E-state index contributed by atoms with van der Waals surface area (Å²) in [5.41, 5.74) is 2.36. The Morgan fingerprint density at radius 3 is 2.79 bits per heavy atom. The minimum atomic E-state index is 0.591. The molecule has 19 heavy (non-hydrogen) atoms. The molecule has 0 spiro atoms. The van der Waals surface area contributed by atoms with Crippen molar-refractivity contribution in [1.29, 1.82) is 0 Å². The molecule has 1 aromatic heterocycles. The Morgan fingerprint density at radius 2 is 2.21 bits per heavy atom. The second-order valence-corrected chi connectivity index (χ2v) is 6.11. The van der Waals surface area contributed by atoms with Gasteiger partial charge in [-0.3, -0.25) is 4.98 Å². The Morgan fingerprint density at radius 1 is 1.42 bits per heavy atom. The van der Waals surface area contributed by atoms with Gasteiger partial charge in [0, 0.05) is 30.9 Å². The minimum Gasteiger partial charge on any atom is -0.364 e. The Kier molecular flexibility index (Phi) is 4.81. The first-order valence-electron chi connectivity index (χ1n) is 7.52. The molecule has 1 aromatic rings. The third-order valence-electron chi connectivity index (χ3n) is 3.95. The lowest BCUT2D eigenvalue weighted by molar-refractivity contribution is 0.343. The quantitative estimate of drug-likeness (QED) is 0.903. The van der Waals surface area contributed by atoms with Gasteiger partial charge in [-0.1, -0.05) is 20.8 Å². The van der Waals surface area contributed by atoms with Crippen molar-refractivity contribution in [1.82, 2.24) is 10.3 Å². The Hall–Kier alpha value is -1.09. The van der Waals surface area contributed by atoms with Gasteiger partial charge in [0.1, 0.15) is 0 Å². The van der Waals surface area contributed by atoms with Gasteiger partial charge in [-0.25, -0.2) is 0 Å². The van der Waals surface area contributed by atoms with Gasteiger partial charge < -0.3 is 10.2 Å². The van der Waals surface area contributed by atoms with Crippen molar-refractivity contribution in [2.75, 3.05) is 18.0 Å². The SMILES string of the molecule is CCC1CNC(CC(C)C)CN1c1ccc(C)nc1. The normalized spacial score (nSPS) is 23.9. The molecule has 3 heteroatoms. The number of piperazine rings is 1. The largest absolute Gasteiger partial charge is 0.364 e. The number of pyridine rings is 1. The minimum absolute atomic E-state index is 0.591. The highest BCUT2D eigenvalue weighted by Gasteiger charge is 2.27. The molecule has 1 N–H and O–H groups in total. The predicted octanol–water partition coefficient (Wildman–Crippen LogP) is 2.99. The first-order chi connectivity index (χ1) is 9.10. The molecule has 0 radical (unpaired) electrons. The fourth-order valence-electron chi connectivity index (χ4n) is 2.90. The summed E-state index contributed by atoms with van der Waals surface area (Å²) in [6.07, 6.45) is 4.44. The zero-order valence-electron chi connectivity index (χ0n) is 12.7. The lowest BCUT2D eigenvalue weighted by Crippen LogP contribution is -2.56. The van der Waals surface area contributed by atoms with Gasteiger partial charge in [0.2, 0.25) is 0 Å². The molecule has 3 nitrogen and oxygen atoms in total. The molecule has 0 amide bonds. The van der Waals surface area contributed by atoms with Crippen LogP contribution in [-0.4, -0.2) is 30.2 Å². The second kappa shape index (κ2) is 6.38. The molecule has 2 atom stereocenters. The smallest absolute Gasteiger partial charge is 0.0556 e. The fraction of sp³-hybridized carbons (Fsp3) is 0.688. The summed E-state index contributed by atoms with van der Waals surface area (Å²) in [6.45, 7) is 11.1. The summed E-state index contributed by atoms with van der Waals surface area (Å²) in [7, 11) is 0. The van der Waals surface area contributed by atoms with Gasteiger partial charge in [0.15, 0.2) is 0 Å². The predicted molar refractivity (Wildman–Crippen MR) is 81.6 cm³/mol. The van der Waals surface area contributed by atoms with Crippen LogP contribution in [0.5, 0.6) is 0 Å². The Balaban J connectivity index is 2.11. The van der Waals surface area contributed by atoms with Crippen LogP contribution in [0.4, 0.5) is 5.69 Å². The number of aryl methyl sites for hydroxylation is 1. The second-order valence-electron chi connectivity index (χ2n) is 6.11. The van der Waals surface area contributed by atoms with Gasteiger partial charge in [0.05, 0.1) is 11.9 Å². The van der Waals surface area contributed by atoms with Crippen molar-refractivity contribution in [3.63, 3.8) is 0 Å². The van der Waals surface area contributed by atoms with Crippen LogP contribution in [0.2, 0.25) is 0 Å². The summed E-state index contributed by atoms with van der Waals surface area (Å²) in [5.74, 6) is 0.744. The van der Waals surface area contributed by atoms with Crippen LogP contribution < -0.4 is 10.2 Å². The summed E-state index contributed by atoms with van der Waals surface area (Å²) in [5, 5.41) is 3.70. The number of rotatable bonds is 4. The topological polar surface area (TPSA) is 28.2 Å². The Bertz CT molecular complexity index is 385. The van der Waals surface area contributed by atoms with Gasteiger partial charge >= 0.3 is 0 Å². The zero-order chi connectivity index (χ0) is 13.8. The van der Waals surface area contributed by atoms with E-state index in [0.717, 1.165) is 24.7 Å². The van der Waals surface area contributed by atoms with Crippen LogP contribution in [0.1, 0.15) is 39.3 Å². The van der Waals surface area contributed by atoms with E-state index in [1.165, 1.54) is 18.5 Å². The van der Waals surface area contributed by atoms with E-state index in [-0.39, 0.29) is 0 Å². The van der Waals surface area contributed by atoms with Crippen molar-refractivity contribution >= 4 is 5.69 Å². The lowest BCUT2D eigenvalue weighted by Gasteiger charge is -2.42.